The average Bonchev–Trinajstić information content (AvgIpc) is 3.08. The highest BCUT2D eigenvalue weighted by Gasteiger charge is 2.30. The van der Waals surface area contributed by atoms with Gasteiger partial charge in [0.05, 0.1) is 31.1 Å². The van der Waals surface area contributed by atoms with Gasteiger partial charge in [0.25, 0.3) is 0 Å². The largest absolute Gasteiger partial charge is 0.378 e. The Morgan fingerprint density at radius 1 is 1.57 bits per heavy atom. The van der Waals surface area contributed by atoms with Crippen molar-refractivity contribution in [3.8, 4) is 0 Å². The second kappa shape index (κ2) is 5.88. The first-order chi connectivity index (χ1) is 10.1. The van der Waals surface area contributed by atoms with E-state index in [1.807, 2.05) is 11.4 Å². The van der Waals surface area contributed by atoms with Gasteiger partial charge >= 0.3 is 0 Å². The van der Waals surface area contributed by atoms with Crippen LogP contribution in [0.5, 0.6) is 0 Å². The van der Waals surface area contributed by atoms with E-state index < -0.39 is 9.84 Å². The van der Waals surface area contributed by atoms with Crippen LogP contribution in [0, 0.1) is 0 Å². The summed E-state index contributed by atoms with van der Waals surface area (Å²) in [6.07, 6.45) is 2.58. The summed E-state index contributed by atoms with van der Waals surface area (Å²) >= 11 is 1.70. The Bertz CT molecular complexity index is 694. The number of ether oxygens (including phenoxy) is 1. The van der Waals surface area contributed by atoms with Crippen molar-refractivity contribution in [1.82, 2.24) is 15.1 Å². The topological polar surface area (TPSA) is 75.3 Å². The van der Waals surface area contributed by atoms with Crippen LogP contribution in [0.4, 0.5) is 0 Å². The van der Waals surface area contributed by atoms with Gasteiger partial charge in [0.15, 0.2) is 9.84 Å². The summed E-state index contributed by atoms with van der Waals surface area (Å²) in [5.74, 6) is 0. The lowest BCUT2D eigenvalue weighted by molar-refractivity contribution is -0.0147. The Morgan fingerprint density at radius 2 is 2.43 bits per heavy atom. The van der Waals surface area contributed by atoms with E-state index >= 15 is 0 Å². The summed E-state index contributed by atoms with van der Waals surface area (Å²) in [4.78, 5) is 3.74. The molecule has 0 aliphatic carbocycles. The molecule has 1 N–H and O–H groups in total. The molecule has 0 aromatic carbocycles. The molecule has 3 rings (SSSR count). The number of nitrogens with zero attached hydrogens (tertiary/aromatic N) is 2. The number of sulfone groups is 1. The van der Waals surface area contributed by atoms with Gasteiger partial charge in [-0.25, -0.2) is 8.42 Å². The standard InChI is InChI=1S/C13H17N3O3S2/c1-21(17,18)12-7-14-15-13(12)11-9-19-5-4-16(11)8-10-3-2-6-20-10/h2-3,6-7,11H,4-5,8-9H2,1H3,(H,14,15)/t11-/m1/s1. The molecule has 0 bridgehead atoms. The predicted octanol–water partition coefficient (Wildman–Crippen LogP) is 1.45. The third-order valence-electron chi connectivity index (χ3n) is 3.54. The van der Waals surface area contributed by atoms with Gasteiger partial charge in [-0.1, -0.05) is 6.07 Å². The van der Waals surface area contributed by atoms with Crippen LogP contribution in [-0.2, 0) is 21.1 Å². The summed E-state index contributed by atoms with van der Waals surface area (Å²) in [5, 5.41) is 8.80. The van der Waals surface area contributed by atoms with E-state index in [0.29, 0.717) is 18.9 Å². The number of H-pyrrole nitrogens is 1. The van der Waals surface area contributed by atoms with Crippen LogP contribution >= 0.6 is 11.3 Å². The number of thiophene rings is 1. The minimum absolute atomic E-state index is 0.118. The van der Waals surface area contributed by atoms with Gasteiger partial charge in [-0.05, 0) is 11.4 Å². The Kier molecular flexibility index (Phi) is 4.12. The fourth-order valence-corrected chi connectivity index (χ4v) is 4.07. The van der Waals surface area contributed by atoms with Gasteiger partial charge < -0.3 is 4.74 Å². The van der Waals surface area contributed by atoms with Gasteiger partial charge in [-0.15, -0.1) is 11.3 Å². The highest BCUT2D eigenvalue weighted by atomic mass is 32.2. The SMILES string of the molecule is CS(=O)(=O)c1cn[nH]c1[C@H]1COCCN1Cc1cccs1. The molecule has 2 aromatic rings. The number of aromatic nitrogens is 2. The molecule has 21 heavy (non-hydrogen) atoms. The summed E-state index contributed by atoms with van der Waals surface area (Å²) in [7, 11) is -3.30. The zero-order chi connectivity index (χ0) is 14.9. The molecule has 114 valence electrons. The van der Waals surface area contributed by atoms with Crippen LogP contribution in [0.1, 0.15) is 16.6 Å². The molecule has 0 saturated carbocycles. The van der Waals surface area contributed by atoms with E-state index in [9.17, 15) is 8.42 Å². The van der Waals surface area contributed by atoms with Crippen molar-refractivity contribution >= 4 is 21.2 Å². The highest BCUT2D eigenvalue weighted by molar-refractivity contribution is 7.90. The van der Waals surface area contributed by atoms with E-state index in [4.69, 9.17) is 4.74 Å². The first-order valence-electron chi connectivity index (χ1n) is 6.63. The highest BCUT2D eigenvalue weighted by Crippen LogP contribution is 2.29. The second-order valence-electron chi connectivity index (χ2n) is 5.06. The van der Waals surface area contributed by atoms with E-state index in [0.717, 1.165) is 13.1 Å². The zero-order valence-electron chi connectivity index (χ0n) is 11.7. The monoisotopic (exact) mass is 327 g/mol. The van der Waals surface area contributed by atoms with Crippen molar-refractivity contribution in [3.63, 3.8) is 0 Å². The Hall–Kier alpha value is -1.22. The molecule has 1 atom stereocenters. The second-order valence-corrected chi connectivity index (χ2v) is 8.08. The number of rotatable bonds is 4. The molecule has 6 nitrogen and oxygen atoms in total. The quantitative estimate of drug-likeness (QED) is 0.920. The van der Waals surface area contributed by atoms with Gasteiger partial charge in [-0.2, -0.15) is 5.10 Å². The maximum atomic E-state index is 11.9. The third kappa shape index (κ3) is 3.18. The van der Waals surface area contributed by atoms with E-state index in [-0.39, 0.29) is 10.9 Å². The first-order valence-corrected chi connectivity index (χ1v) is 9.40. The molecule has 1 saturated heterocycles. The molecule has 0 unspecified atom stereocenters. The third-order valence-corrected chi connectivity index (χ3v) is 5.53. The Balaban J connectivity index is 1.89. The van der Waals surface area contributed by atoms with Crippen LogP contribution in [0.3, 0.4) is 0 Å². The summed E-state index contributed by atoms with van der Waals surface area (Å²) < 4.78 is 29.3. The van der Waals surface area contributed by atoms with Crippen molar-refractivity contribution in [1.29, 1.82) is 0 Å². The maximum Gasteiger partial charge on any atom is 0.178 e. The average molecular weight is 327 g/mol. The first kappa shape index (κ1) is 14.7. The lowest BCUT2D eigenvalue weighted by Crippen LogP contribution is -2.39. The van der Waals surface area contributed by atoms with Gasteiger partial charge in [-0.3, -0.25) is 10.00 Å². The molecule has 1 aliphatic rings. The summed E-state index contributed by atoms with van der Waals surface area (Å²) in [6.45, 7) is 2.68. The number of hydrogen-bond donors (Lipinski definition) is 1. The van der Waals surface area contributed by atoms with Crippen LogP contribution in [0.2, 0.25) is 0 Å². The van der Waals surface area contributed by atoms with E-state index in [1.54, 1.807) is 11.3 Å². The van der Waals surface area contributed by atoms with Crippen LogP contribution in [0.25, 0.3) is 0 Å². The molecule has 2 aromatic heterocycles. The molecule has 8 heteroatoms. The molecule has 0 amide bonds. The number of hydrogen-bond acceptors (Lipinski definition) is 6. The molecule has 1 aliphatic heterocycles. The van der Waals surface area contributed by atoms with Crippen molar-refractivity contribution < 1.29 is 13.2 Å². The number of nitrogens with one attached hydrogen (secondary N) is 1. The Morgan fingerprint density at radius 3 is 3.14 bits per heavy atom. The van der Waals surface area contributed by atoms with Crippen molar-refractivity contribution in [2.75, 3.05) is 26.0 Å². The summed E-state index contributed by atoms with van der Waals surface area (Å²) in [6, 6.07) is 3.99. The van der Waals surface area contributed by atoms with E-state index in [2.05, 4.69) is 21.2 Å². The lowest BCUT2D eigenvalue weighted by atomic mass is 10.1. The molecule has 3 heterocycles. The number of aromatic amines is 1. The van der Waals surface area contributed by atoms with Crippen molar-refractivity contribution in [2.45, 2.75) is 17.5 Å². The molecular weight excluding hydrogens is 310 g/mol. The molecule has 0 radical (unpaired) electrons. The molecular formula is C13H17N3O3S2. The maximum absolute atomic E-state index is 11.9. The molecule has 1 fully saturated rings. The zero-order valence-corrected chi connectivity index (χ0v) is 13.3. The number of morpholine rings is 1. The minimum atomic E-state index is -3.30. The van der Waals surface area contributed by atoms with Crippen LogP contribution in [-0.4, -0.2) is 49.5 Å². The summed E-state index contributed by atoms with van der Waals surface area (Å²) in [5.41, 5.74) is 0.619. The van der Waals surface area contributed by atoms with Crippen molar-refractivity contribution in [2.24, 2.45) is 0 Å². The van der Waals surface area contributed by atoms with Gasteiger partial charge in [0, 0.05) is 24.2 Å². The minimum Gasteiger partial charge on any atom is -0.378 e. The van der Waals surface area contributed by atoms with Crippen LogP contribution < -0.4 is 0 Å². The fraction of sp³-hybridized carbons (Fsp3) is 0.462. The molecule has 0 spiro atoms. The van der Waals surface area contributed by atoms with E-state index in [1.165, 1.54) is 17.3 Å². The van der Waals surface area contributed by atoms with Gasteiger partial charge in [0.1, 0.15) is 4.90 Å². The smallest absolute Gasteiger partial charge is 0.178 e. The van der Waals surface area contributed by atoms with Gasteiger partial charge in [0.2, 0.25) is 0 Å². The Labute approximate surface area is 127 Å². The fourth-order valence-electron chi connectivity index (χ4n) is 2.52. The lowest BCUT2D eigenvalue weighted by Gasteiger charge is -2.34. The normalized spacial score (nSPS) is 20.7. The van der Waals surface area contributed by atoms with Crippen LogP contribution in [0.15, 0.2) is 28.6 Å². The predicted molar refractivity (Wildman–Crippen MR) is 80.0 cm³/mol. The van der Waals surface area contributed by atoms with Crippen molar-refractivity contribution in [3.05, 3.63) is 34.3 Å².